The Labute approximate surface area is 85.6 Å². The van der Waals surface area contributed by atoms with Crippen molar-refractivity contribution in [3.63, 3.8) is 0 Å². The molecule has 0 radical (unpaired) electrons. The van der Waals surface area contributed by atoms with Crippen molar-refractivity contribution in [2.75, 3.05) is 0 Å². The topological polar surface area (TPSA) is 74.8 Å². The predicted octanol–water partition coefficient (Wildman–Crippen LogP) is 1.35. The maximum Gasteiger partial charge on any atom is 0.337 e. The highest BCUT2D eigenvalue weighted by atomic mass is 16.4. The largest absolute Gasteiger partial charge is 0.504 e. The normalized spacial score (nSPS) is 10.8. The zero-order valence-electron chi connectivity index (χ0n) is 8.35. The molecule has 0 aliphatic rings. The first-order chi connectivity index (χ1) is 7.00. The molecule has 0 bridgehead atoms. The Hall–Kier alpha value is -2.04. The summed E-state index contributed by atoms with van der Waals surface area (Å²) in [6.07, 6.45) is 1.45. The highest BCUT2D eigenvalue weighted by Gasteiger charge is 2.12. The number of aryl methyl sites for hydroxylation is 2. The number of hydrogen-bond acceptors (Lipinski definition) is 3. The van der Waals surface area contributed by atoms with E-state index in [2.05, 4.69) is 4.98 Å². The third-order valence-electron chi connectivity index (χ3n) is 2.42. The van der Waals surface area contributed by atoms with Crippen molar-refractivity contribution >= 4 is 11.6 Å². The molecular weight excluding hydrogens is 196 g/mol. The van der Waals surface area contributed by atoms with Crippen molar-refractivity contribution in [2.24, 2.45) is 0 Å². The van der Waals surface area contributed by atoms with Crippen LogP contribution >= 0.6 is 0 Å². The first-order valence-corrected chi connectivity index (χ1v) is 4.42. The van der Waals surface area contributed by atoms with Crippen LogP contribution in [-0.4, -0.2) is 25.6 Å². The van der Waals surface area contributed by atoms with Gasteiger partial charge in [0.1, 0.15) is 0 Å². The summed E-state index contributed by atoms with van der Waals surface area (Å²) in [7, 11) is 0. The van der Waals surface area contributed by atoms with Gasteiger partial charge < -0.3 is 14.6 Å². The predicted molar refractivity (Wildman–Crippen MR) is 53.3 cm³/mol. The van der Waals surface area contributed by atoms with E-state index in [1.807, 2.05) is 13.8 Å². The van der Waals surface area contributed by atoms with E-state index >= 15 is 0 Å². The van der Waals surface area contributed by atoms with Crippen molar-refractivity contribution in [1.82, 2.24) is 9.38 Å². The van der Waals surface area contributed by atoms with Gasteiger partial charge in [0.05, 0.1) is 11.3 Å². The van der Waals surface area contributed by atoms with E-state index in [1.54, 1.807) is 4.40 Å². The number of aromatic carboxylic acids is 1. The number of hydrogen-bond donors (Lipinski definition) is 2. The third-order valence-corrected chi connectivity index (χ3v) is 2.42. The van der Waals surface area contributed by atoms with Gasteiger partial charge in [0.15, 0.2) is 11.4 Å². The summed E-state index contributed by atoms with van der Waals surface area (Å²) in [5.74, 6) is -1.19. The molecular formula is C10H10N2O3. The fraction of sp³-hybridized carbons (Fsp3) is 0.200. The fourth-order valence-electron chi connectivity index (χ4n) is 1.47. The Morgan fingerprint density at radius 2 is 2.13 bits per heavy atom. The van der Waals surface area contributed by atoms with E-state index in [1.165, 1.54) is 12.3 Å². The number of nitrogens with zero attached hydrogens (tertiary/aromatic N) is 2. The van der Waals surface area contributed by atoms with Crippen molar-refractivity contribution in [1.29, 1.82) is 0 Å². The molecule has 0 aromatic carbocycles. The van der Waals surface area contributed by atoms with Crippen LogP contribution in [0.2, 0.25) is 0 Å². The second kappa shape index (κ2) is 2.98. The van der Waals surface area contributed by atoms with Crippen molar-refractivity contribution < 1.29 is 15.0 Å². The molecule has 0 saturated heterocycles. The maximum atomic E-state index is 10.8. The summed E-state index contributed by atoms with van der Waals surface area (Å²) < 4.78 is 1.58. The van der Waals surface area contributed by atoms with Crippen LogP contribution in [0.5, 0.6) is 5.75 Å². The van der Waals surface area contributed by atoms with Crippen LogP contribution in [0.25, 0.3) is 5.65 Å². The molecule has 78 valence electrons. The van der Waals surface area contributed by atoms with Crippen LogP contribution in [0.3, 0.4) is 0 Å². The zero-order chi connectivity index (χ0) is 11.2. The van der Waals surface area contributed by atoms with Gasteiger partial charge in [-0.3, -0.25) is 0 Å². The number of carboxylic acids is 1. The Kier molecular flexibility index (Phi) is 1.89. The lowest BCUT2D eigenvalue weighted by molar-refractivity contribution is 0.0696. The molecule has 0 atom stereocenters. The quantitative estimate of drug-likeness (QED) is 0.738. The average Bonchev–Trinajstić information content (AvgIpc) is 2.45. The Balaban J connectivity index is 2.85. The minimum atomic E-state index is -1.07. The van der Waals surface area contributed by atoms with E-state index in [4.69, 9.17) is 5.11 Å². The molecule has 2 heterocycles. The molecule has 0 amide bonds. The van der Waals surface area contributed by atoms with Crippen molar-refractivity contribution in [3.8, 4) is 5.75 Å². The molecule has 0 spiro atoms. The number of aromatic nitrogens is 2. The molecule has 5 heteroatoms. The lowest BCUT2D eigenvalue weighted by Crippen LogP contribution is -1.99. The highest BCUT2D eigenvalue weighted by molar-refractivity contribution is 5.88. The van der Waals surface area contributed by atoms with E-state index in [9.17, 15) is 9.90 Å². The summed E-state index contributed by atoms with van der Waals surface area (Å²) >= 11 is 0. The smallest absolute Gasteiger partial charge is 0.337 e. The van der Waals surface area contributed by atoms with Gasteiger partial charge in [-0.2, -0.15) is 0 Å². The number of rotatable bonds is 1. The fourth-order valence-corrected chi connectivity index (χ4v) is 1.47. The summed E-state index contributed by atoms with van der Waals surface area (Å²) in [6, 6.07) is 1.20. The van der Waals surface area contributed by atoms with Crippen LogP contribution in [-0.2, 0) is 0 Å². The zero-order valence-corrected chi connectivity index (χ0v) is 8.35. The summed E-state index contributed by atoms with van der Waals surface area (Å²) in [5, 5.41) is 18.4. The molecule has 2 N–H and O–H groups in total. The Morgan fingerprint density at radius 1 is 1.47 bits per heavy atom. The molecule has 2 aromatic heterocycles. The van der Waals surface area contributed by atoms with Crippen LogP contribution in [0, 0.1) is 13.8 Å². The van der Waals surface area contributed by atoms with Crippen molar-refractivity contribution in [2.45, 2.75) is 13.8 Å². The first kappa shape index (κ1) is 9.51. The summed E-state index contributed by atoms with van der Waals surface area (Å²) in [5.41, 5.74) is 2.02. The summed E-state index contributed by atoms with van der Waals surface area (Å²) in [6.45, 7) is 3.63. The minimum Gasteiger partial charge on any atom is -0.504 e. The molecule has 0 saturated carbocycles. The van der Waals surface area contributed by atoms with E-state index in [-0.39, 0.29) is 11.3 Å². The van der Waals surface area contributed by atoms with Crippen LogP contribution in [0.15, 0.2) is 12.3 Å². The maximum absolute atomic E-state index is 10.8. The SMILES string of the molecule is Cc1nc2c(O)cc(C(=O)O)cn2c1C. The van der Waals surface area contributed by atoms with Gasteiger partial charge >= 0.3 is 5.97 Å². The molecule has 0 aliphatic heterocycles. The number of carboxylic acid groups (broad SMARTS) is 1. The van der Waals surface area contributed by atoms with E-state index < -0.39 is 5.97 Å². The number of imidazole rings is 1. The highest BCUT2D eigenvalue weighted by Crippen LogP contribution is 2.22. The second-order valence-corrected chi connectivity index (χ2v) is 3.40. The average molecular weight is 206 g/mol. The lowest BCUT2D eigenvalue weighted by Gasteiger charge is -2.01. The number of fused-ring (bicyclic) bond motifs is 1. The van der Waals surface area contributed by atoms with Gasteiger partial charge in [0, 0.05) is 11.9 Å². The standard InChI is InChI=1S/C10H10N2O3/c1-5-6(2)12-4-7(10(14)15)3-8(13)9(12)11-5/h3-4,13H,1-2H3,(H,14,15). The molecule has 0 fully saturated rings. The van der Waals surface area contributed by atoms with Gasteiger partial charge in [-0.25, -0.2) is 9.78 Å². The van der Waals surface area contributed by atoms with Gasteiger partial charge in [-0.15, -0.1) is 0 Å². The lowest BCUT2D eigenvalue weighted by atomic mass is 10.2. The van der Waals surface area contributed by atoms with Crippen LogP contribution in [0.4, 0.5) is 0 Å². The third kappa shape index (κ3) is 1.32. The molecule has 2 rings (SSSR count). The van der Waals surface area contributed by atoms with Crippen molar-refractivity contribution in [3.05, 3.63) is 29.2 Å². The van der Waals surface area contributed by atoms with E-state index in [0.29, 0.717) is 5.65 Å². The van der Waals surface area contributed by atoms with Crippen LogP contribution in [0.1, 0.15) is 21.7 Å². The van der Waals surface area contributed by atoms with Crippen LogP contribution < -0.4 is 0 Å². The first-order valence-electron chi connectivity index (χ1n) is 4.42. The minimum absolute atomic E-state index is 0.0421. The van der Waals surface area contributed by atoms with Gasteiger partial charge in [0.2, 0.25) is 0 Å². The molecule has 5 nitrogen and oxygen atoms in total. The molecule has 2 aromatic rings. The number of carbonyl (C=O) groups is 1. The number of pyridine rings is 1. The van der Waals surface area contributed by atoms with Gasteiger partial charge in [-0.1, -0.05) is 0 Å². The summed E-state index contributed by atoms with van der Waals surface area (Å²) in [4.78, 5) is 14.9. The van der Waals surface area contributed by atoms with Gasteiger partial charge in [-0.05, 0) is 19.9 Å². The second-order valence-electron chi connectivity index (χ2n) is 3.40. The number of aromatic hydroxyl groups is 1. The van der Waals surface area contributed by atoms with E-state index in [0.717, 1.165) is 11.4 Å². The Bertz CT molecular complexity index is 557. The molecule has 15 heavy (non-hydrogen) atoms. The Morgan fingerprint density at radius 3 is 2.73 bits per heavy atom. The molecule has 0 aliphatic carbocycles. The molecule has 0 unspecified atom stereocenters. The monoisotopic (exact) mass is 206 g/mol. The van der Waals surface area contributed by atoms with Gasteiger partial charge in [0.25, 0.3) is 0 Å².